The van der Waals surface area contributed by atoms with Gasteiger partial charge in [-0.1, -0.05) is 24.8 Å². The van der Waals surface area contributed by atoms with Crippen molar-refractivity contribution >= 4 is 29.4 Å². The van der Waals surface area contributed by atoms with Crippen LogP contribution in [0.25, 0.3) is 0 Å². The summed E-state index contributed by atoms with van der Waals surface area (Å²) >= 11 is 5.99. The Kier molecular flexibility index (Phi) is 11.9. The number of amides is 2. The zero-order chi connectivity index (χ0) is 21.5. The molecule has 0 unspecified atom stereocenters. The molecule has 0 atom stereocenters. The highest BCUT2D eigenvalue weighted by Gasteiger charge is 2.15. The number of nitrogens with one attached hydrogen (secondary N) is 2. The van der Waals surface area contributed by atoms with Crippen molar-refractivity contribution in [2.75, 3.05) is 26.3 Å². The second-order valence-corrected chi connectivity index (χ2v) is 6.47. The normalized spacial score (nSPS) is 9.97. The SMILES string of the molecule is C=CC(=O)NCCCCOC(=O)c1cc(Cl)ccc1OCCCCNC(=O)C=C. The minimum Gasteiger partial charge on any atom is -0.493 e. The van der Waals surface area contributed by atoms with Crippen LogP contribution in [0, 0.1) is 0 Å². The number of esters is 1. The highest BCUT2D eigenvalue weighted by molar-refractivity contribution is 6.31. The van der Waals surface area contributed by atoms with Crippen LogP contribution in [-0.4, -0.2) is 44.1 Å². The van der Waals surface area contributed by atoms with Crippen LogP contribution in [0.5, 0.6) is 5.75 Å². The molecule has 1 aromatic rings. The third-order valence-corrected chi connectivity index (χ3v) is 4.00. The second kappa shape index (κ2) is 14.2. The fraction of sp³-hybridized carbons (Fsp3) is 0.381. The predicted octanol–water partition coefficient (Wildman–Crippen LogP) is 3.04. The number of ether oxygens (including phenoxy) is 2. The van der Waals surface area contributed by atoms with Gasteiger partial charge < -0.3 is 20.1 Å². The third-order valence-electron chi connectivity index (χ3n) is 3.76. The zero-order valence-electron chi connectivity index (χ0n) is 16.4. The highest BCUT2D eigenvalue weighted by atomic mass is 35.5. The summed E-state index contributed by atoms with van der Waals surface area (Å²) in [5.41, 5.74) is 0.262. The van der Waals surface area contributed by atoms with Gasteiger partial charge in [-0.3, -0.25) is 9.59 Å². The summed E-state index contributed by atoms with van der Waals surface area (Å²) in [5.74, 6) is -0.564. The van der Waals surface area contributed by atoms with Crippen molar-refractivity contribution in [3.63, 3.8) is 0 Å². The molecule has 0 saturated heterocycles. The van der Waals surface area contributed by atoms with Gasteiger partial charge in [0.25, 0.3) is 0 Å². The Morgan fingerprint density at radius 1 is 0.931 bits per heavy atom. The fourth-order valence-electron chi connectivity index (χ4n) is 2.23. The maximum Gasteiger partial charge on any atom is 0.341 e. The molecule has 0 radical (unpaired) electrons. The summed E-state index contributed by atoms with van der Waals surface area (Å²) in [5, 5.41) is 5.74. The van der Waals surface area contributed by atoms with Gasteiger partial charge in [0.1, 0.15) is 11.3 Å². The van der Waals surface area contributed by atoms with Crippen molar-refractivity contribution in [1.82, 2.24) is 10.6 Å². The van der Waals surface area contributed by atoms with Crippen LogP contribution in [-0.2, 0) is 14.3 Å². The molecular weight excluding hydrogens is 396 g/mol. The van der Waals surface area contributed by atoms with E-state index in [0.717, 1.165) is 6.42 Å². The molecule has 2 N–H and O–H groups in total. The van der Waals surface area contributed by atoms with Crippen molar-refractivity contribution in [3.05, 3.63) is 54.1 Å². The lowest BCUT2D eigenvalue weighted by molar-refractivity contribution is -0.117. The summed E-state index contributed by atoms with van der Waals surface area (Å²) in [4.78, 5) is 34.4. The lowest BCUT2D eigenvalue weighted by atomic mass is 10.2. The Labute approximate surface area is 176 Å². The van der Waals surface area contributed by atoms with E-state index in [0.29, 0.717) is 49.7 Å². The number of carbonyl (C=O) groups is 3. The van der Waals surface area contributed by atoms with E-state index in [-0.39, 0.29) is 24.0 Å². The Bertz CT molecular complexity index is 721. The van der Waals surface area contributed by atoms with Crippen molar-refractivity contribution in [2.45, 2.75) is 25.7 Å². The first kappa shape index (κ1) is 24.2. The molecule has 7 nitrogen and oxygen atoms in total. The first-order valence-corrected chi connectivity index (χ1v) is 9.75. The first-order valence-electron chi connectivity index (χ1n) is 9.38. The molecule has 1 rings (SSSR count). The monoisotopic (exact) mass is 422 g/mol. The van der Waals surface area contributed by atoms with Crippen LogP contribution in [0.15, 0.2) is 43.5 Å². The number of carbonyl (C=O) groups excluding carboxylic acids is 3. The van der Waals surface area contributed by atoms with Crippen LogP contribution < -0.4 is 15.4 Å². The van der Waals surface area contributed by atoms with E-state index in [4.69, 9.17) is 21.1 Å². The van der Waals surface area contributed by atoms with Gasteiger partial charge >= 0.3 is 5.97 Å². The van der Waals surface area contributed by atoms with E-state index in [9.17, 15) is 14.4 Å². The van der Waals surface area contributed by atoms with Gasteiger partial charge in [-0.05, 0) is 56.0 Å². The minimum absolute atomic E-state index is 0.211. The quantitative estimate of drug-likeness (QED) is 0.273. The molecule has 0 saturated carbocycles. The van der Waals surface area contributed by atoms with Gasteiger partial charge in [0.05, 0.1) is 13.2 Å². The number of hydrogen-bond acceptors (Lipinski definition) is 5. The van der Waals surface area contributed by atoms with Crippen LogP contribution in [0.3, 0.4) is 0 Å². The van der Waals surface area contributed by atoms with Crippen molar-refractivity contribution in [2.24, 2.45) is 0 Å². The average Bonchev–Trinajstić information content (AvgIpc) is 2.73. The Hall–Kier alpha value is -2.80. The maximum atomic E-state index is 12.3. The molecule has 0 bridgehead atoms. The fourth-order valence-corrected chi connectivity index (χ4v) is 2.41. The molecule has 0 heterocycles. The molecule has 29 heavy (non-hydrogen) atoms. The summed E-state index contributed by atoms with van der Waals surface area (Å²) in [6.07, 6.45) is 5.14. The summed E-state index contributed by atoms with van der Waals surface area (Å²) in [7, 11) is 0. The molecule has 0 aliphatic rings. The lowest BCUT2D eigenvalue weighted by Gasteiger charge is -2.12. The Morgan fingerprint density at radius 2 is 1.52 bits per heavy atom. The average molecular weight is 423 g/mol. The van der Waals surface area contributed by atoms with Crippen molar-refractivity contribution in [3.8, 4) is 5.75 Å². The van der Waals surface area contributed by atoms with E-state index < -0.39 is 5.97 Å². The number of rotatable bonds is 14. The molecule has 0 spiro atoms. The van der Waals surface area contributed by atoms with E-state index in [1.54, 1.807) is 12.1 Å². The van der Waals surface area contributed by atoms with E-state index in [1.165, 1.54) is 18.2 Å². The lowest BCUT2D eigenvalue weighted by Crippen LogP contribution is -2.22. The van der Waals surface area contributed by atoms with Crippen LogP contribution in [0.1, 0.15) is 36.0 Å². The molecule has 158 valence electrons. The summed E-state index contributed by atoms with van der Waals surface area (Å²) in [6.45, 7) is 8.37. The number of benzene rings is 1. The van der Waals surface area contributed by atoms with Gasteiger partial charge in [0.15, 0.2) is 0 Å². The van der Waals surface area contributed by atoms with Gasteiger partial charge in [0.2, 0.25) is 11.8 Å². The number of unbranched alkanes of at least 4 members (excludes halogenated alkanes) is 2. The molecule has 0 aliphatic heterocycles. The topological polar surface area (TPSA) is 93.7 Å². The summed E-state index contributed by atoms with van der Waals surface area (Å²) < 4.78 is 11.0. The van der Waals surface area contributed by atoms with Crippen LogP contribution in [0.2, 0.25) is 5.02 Å². The molecular formula is C21H27ClN2O5. The number of halogens is 1. The van der Waals surface area contributed by atoms with E-state index in [1.807, 2.05) is 0 Å². The maximum absolute atomic E-state index is 12.3. The predicted molar refractivity (Wildman–Crippen MR) is 112 cm³/mol. The van der Waals surface area contributed by atoms with E-state index >= 15 is 0 Å². The smallest absolute Gasteiger partial charge is 0.341 e. The van der Waals surface area contributed by atoms with Crippen molar-refractivity contribution in [1.29, 1.82) is 0 Å². The largest absolute Gasteiger partial charge is 0.493 e. The zero-order valence-corrected chi connectivity index (χ0v) is 17.1. The number of hydrogen-bond donors (Lipinski definition) is 2. The molecule has 0 fully saturated rings. The molecule has 8 heteroatoms. The van der Waals surface area contributed by atoms with Gasteiger partial charge in [-0.25, -0.2) is 4.79 Å². The van der Waals surface area contributed by atoms with E-state index in [2.05, 4.69) is 23.8 Å². The van der Waals surface area contributed by atoms with Crippen molar-refractivity contribution < 1.29 is 23.9 Å². The minimum atomic E-state index is -0.518. The Balaban J connectivity index is 2.39. The Morgan fingerprint density at radius 3 is 2.10 bits per heavy atom. The van der Waals surface area contributed by atoms with Crippen LogP contribution in [0.4, 0.5) is 0 Å². The molecule has 0 aliphatic carbocycles. The molecule has 0 aromatic heterocycles. The third kappa shape index (κ3) is 10.4. The van der Waals surface area contributed by atoms with Gasteiger partial charge in [0, 0.05) is 18.1 Å². The second-order valence-electron chi connectivity index (χ2n) is 6.03. The highest BCUT2D eigenvalue weighted by Crippen LogP contribution is 2.24. The summed E-state index contributed by atoms with van der Waals surface area (Å²) in [6, 6.07) is 4.78. The standard InChI is InChI=1S/C21H27ClN2O5/c1-3-19(25)23-11-5-7-13-28-18-10-9-16(22)15-17(18)21(27)29-14-8-6-12-24-20(26)4-2/h3-4,9-10,15H,1-2,5-8,11-14H2,(H,23,25)(H,24,26). The van der Waals surface area contributed by atoms with Gasteiger partial charge in [-0.15, -0.1) is 0 Å². The molecule has 2 amide bonds. The molecule has 1 aromatic carbocycles. The van der Waals surface area contributed by atoms with Crippen LogP contribution >= 0.6 is 11.6 Å². The first-order chi connectivity index (χ1) is 14.0. The van der Waals surface area contributed by atoms with Gasteiger partial charge in [-0.2, -0.15) is 0 Å².